The van der Waals surface area contributed by atoms with Crippen molar-refractivity contribution in [2.75, 3.05) is 20.8 Å². The van der Waals surface area contributed by atoms with Gasteiger partial charge in [-0.3, -0.25) is 4.79 Å². The molecule has 1 saturated heterocycles. The first-order valence-corrected chi connectivity index (χ1v) is 20.2. The monoisotopic (exact) mass is 602 g/mol. The summed E-state index contributed by atoms with van der Waals surface area (Å²) in [7, 11) is -1.04. The van der Waals surface area contributed by atoms with E-state index < -0.39 is 34.6 Å². The van der Waals surface area contributed by atoms with Crippen molar-refractivity contribution < 1.29 is 33.0 Å². The Hall–Kier alpha value is -2.50. The van der Waals surface area contributed by atoms with Gasteiger partial charge in [-0.25, -0.2) is 0 Å². The molecule has 3 rings (SSSR count). The highest BCUT2D eigenvalue weighted by molar-refractivity contribution is 6.75. The minimum atomic E-state index is -2.16. The van der Waals surface area contributed by atoms with Gasteiger partial charge in [-0.2, -0.15) is 0 Å². The maximum absolute atomic E-state index is 12.9. The van der Waals surface area contributed by atoms with Gasteiger partial charge in [0.05, 0.1) is 32.8 Å². The van der Waals surface area contributed by atoms with Crippen LogP contribution in [0.5, 0.6) is 23.0 Å². The van der Waals surface area contributed by atoms with Crippen LogP contribution in [0.3, 0.4) is 0 Å². The number of ether oxygens (including phenoxy) is 3. The Labute approximate surface area is 248 Å². The Kier molecular flexibility index (Phi) is 9.67. The smallest absolute Gasteiger partial charge is 0.309 e. The summed E-state index contributed by atoms with van der Waals surface area (Å²) in [5.41, 5.74) is 1.60. The zero-order valence-electron chi connectivity index (χ0n) is 27.0. The molecule has 0 spiro atoms. The van der Waals surface area contributed by atoms with Crippen LogP contribution in [-0.2, 0) is 16.0 Å². The number of carbonyl (C=O) groups is 1. The normalized spacial score (nSPS) is 19.0. The summed E-state index contributed by atoms with van der Waals surface area (Å²) in [6.45, 7) is 22.0. The first-order valence-electron chi connectivity index (χ1n) is 14.4. The fourth-order valence-corrected chi connectivity index (χ4v) is 6.40. The molecule has 0 aliphatic carbocycles. The van der Waals surface area contributed by atoms with Crippen LogP contribution >= 0.6 is 0 Å². The van der Waals surface area contributed by atoms with Crippen molar-refractivity contribution in [3.05, 3.63) is 47.5 Å². The van der Waals surface area contributed by atoms with Crippen molar-refractivity contribution in [3.8, 4) is 23.0 Å². The average Bonchev–Trinajstić information content (AvgIpc) is 3.21. The van der Waals surface area contributed by atoms with E-state index in [2.05, 4.69) is 67.7 Å². The van der Waals surface area contributed by atoms with Crippen LogP contribution in [0.25, 0.3) is 0 Å². The first-order chi connectivity index (χ1) is 18.8. The van der Waals surface area contributed by atoms with Gasteiger partial charge in [-0.15, -0.1) is 0 Å². The lowest BCUT2D eigenvalue weighted by atomic mass is 9.83. The number of hydrogen-bond acceptors (Lipinski definition) is 7. The SMILES string of the molecule is COc1ccc(C[C@H]2C(=O)OC[C@@H]2[C@H](O)c2ccc(OC)c(O[Si](C)(C)C(C)(C)C)c2)cc1O[Si](C)(C)C(C)(C)C. The number of cyclic esters (lactones) is 1. The Morgan fingerprint density at radius 3 is 1.80 bits per heavy atom. The van der Waals surface area contributed by atoms with Crippen LogP contribution in [-0.4, -0.2) is 48.5 Å². The largest absolute Gasteiger partial charge is 0.541 e. The van der Waals surface area contributed by atoms with Crippen LogP contribution in [0.2, 0.25) is 36.3 Å². The molecular formula is C32H50O7Si2. The molecule has 1 fully saturated rings. The molecule has 0 amide bonds. The third kappa shape index (κ3) is 7.29. The minimum absolute atomic E-state index is 0.00500. The molecule has 41 heavy (non-hydrogen) atoms. The summed E-state index contributed by atoms with van der Waals surface area (Å²) in [5, 5.41) is 11.6. The van der Waals surface area contributed by atoms with E-state index >= 15 is 0 Å². The quantitative estimate of drug-likeness (QED) is 0.222. The van der Waals surface area contributed by atoms with Gasteiger partial charge in [0.15, 0.2) is 11.5 Å². The Morgan fingerprint density at radius 1 is 0.829 bits per heavy atom. The number of methoxy groups -OCH3 is 2. The van der Waals surface area contributed by atoms with Crippen LogP contribution < -0.4 is 18.3 Å². The summed E-state index contributed by atoms with van der Waals surface area (Å²) in [4.78, 5) is 12.9. The molecule has 7 nitrogen and oxygen atoms in total. The molecule has 0 aromatic heterocycles. The van der Waals surface area contributed by atoms with Crippen LogP contribution in [0, 0.1) is 11.8 Å². The van der Waals surface area contributed by atoms with Gasteiger partial charge in [-0.1, -0.05) is 53.7 Å². The molecule has 2 aromatic carbocycles. The van der Waals surface area contributed by atoms with Gasteiger partial charge >= 0.3 is 5.97 Å². The van der Waals surface area contributed by atoms with E-state index in [1.54, 1.807) is 14.2 Å². The second-order valence-electron chi connectivity index (χ2n) is 14.2. The third-order valence-corrected chi connectivity index (χ3v) is 17.9. The molecule has 1 aliphatic heterocycles. The Morgan fingerprint density at radius 2 is 1.32 bits per heavy atom. The lowest BCUT2D eigenvalue weighted by molar-refractivity contribution is -0.141. The van der Waals surface area contributed by atoms with Crippen molar-refractivity contribution in [1.82, 2.24) is 0 Å². The van der Waals surface area contributed by atoms with E-state index in [0.717, 1.165) is 5.56 Å². The summed E-state index contributed by atoms with van der Waals surface area (Å²) >= 11 is 0. The molecule has 1 heterocycles. The zero-order valence-corrected chi connectivity index (χ0v) is 29.0. The number of aliphatic hydroxyl groups is 1. The minimum Gasteiger partial charge on any atom is -0.541 e. The highest BCUT2D eigenvalue weighted by atomic mass is 28.4. The summed E-state index contributed by atoms with van der Waals surface area (Å²) < 4.78 is 29.8. The highest BCUT2D eigenvalue weighted by Crippen LogP contribution is 2.44. The molecular weight excluding hydrogens is 553 g/mol. The van der Waals surface area contributed by atoms with E-state index in [-0.39, 0.29) is 22.7 Å². The molecule has 0 saturated carbocycles. The van der Waals surface area contributed by atoms with Crippen LogP contribution in [0.15, 0.2) is 36.4 Å². The summed E-state index contributed by atoms with van der Waals surface area (Å²) in [6.07, 6.45) is -0.498. The number of aliphatic hydroxyl groups excluding tert-OH is 1. The van der Waals surface area contributed by atoms with Gasteiger partial charge in [0, 0.05) is 5.92 Å². The van der Waals surface area contributed by atoms with E-state index in [0.29, 0.717) is 35.0 Å². The second-order valence-corrected chi connectivity index (χ2v) is 23.6. The Bertz CT molecular complexity index is 1230. The lowest BCUT2D eigenvalue weighted by Crippen LogP contribution is -2.44. The number of carbonyl (C=O) groups excluding carboxylic acids is 1. The van der Waals surface area contributed by atoms with E-state index in [1.165, 1.54) is 0 Å². The number of benzene rings is 2. The van der Waals surface area contributed by atoms with Gasteiger partial charge in [0.1, 0.15) is 11.5 Å². The third-order valence-electron chi connectivity index (χ3n) is 9.20. The number of rotatable bonds is 10. The fraction of sp³-hybridized carbons (Fsp3) is 0.594. The van der Waals surface area contributed by atoms with Crippen molar-refractivity contribution in [2.24, 2.45) is 11.8 Å². The highest BCUT2D eigenvalue weighted by Gasteiger charge is 2.43. The van der Waals surface area contributed by atoms with Crippen molar-refractivity contribution in [2.45, 2.75) is 90.3 Å². The average molecular weight is 603 g/mol. The second kappa shape index (κ2) is 12.0. The summed E-state index contributed by atoms with van der Waals surface area (Å²) in [5.74, 6) is 1.35. The van der Waals surface area contributed by atoms with E-state index in [1.807, 2.05) is 36.4 Å². The predicted octanol–water partition coefficient (Wildman–Crippen LogP) is 7.54. The topological polar surface area (TPSA) is 83.5 Å². The van der Waals surface area contributed by atoms with Gasteiger partial charge in [0.25, 0.3) is 16.6 Å². The van der Waals surface area contributed by atoms with Crippen LogP contribution in [0.1, 0.15) is 58.8 Å². The Balaban J connectivity index is 1.89. The number of hydrogen-bond donors (Lipinski definition) is 1. The van der Waals surface area contributed by atoms with E-state index in [9.17, 15) is 9.90 Å². The summed E-state index contributed by atoms with van der Waals surface area (Å²) in [6, 6.07) is 11.3. The molecule has 3 atom stereocenters. The maximum atomic E-state index is 12.9. The molecule has 2 aromatic rings. The van der Waals surface area contributed by atoms with Crippen molar-refractivity contribution >= 4 is 22.6 Å². The first kappa shape index (κ1) is 33.0. The lowest BCUT2D eigenvalue weighted by Gasteiger charge is -2.37. The fourth-order valence-electron chi connectivity index (χ4n) is 4.36. The molecule has 9 heteroatoms. The molecule has 0 bridgehead atoms. The molecule has 1 aliphatic rings. The zero-order chi connectivity index (χ0) is 31.0. The molecule has 1 N–H and O–H groups in total. The maximum Gasteiger partial charge on any atom is 0.309 e. The standard InChI is InChI=1S/C32H50O7Si2/c1-31(2,3)40(9,10)38-27-18-21(13-15-25(27)35-7)17-23-24(20-37-30(23)34)29(33)22-14-16-26(36-8)28(19-22)39-41(11,12)32(4,5)6/h13-16,18-19,23-24,29,33H,17,20H2,1-12H3/t23-,24+,29-/m1/s1. The van der Waals surface area contributed by atoms with Gasteiger partial charge < -0.3 is 28.2 Å². The van der Waals surface area contributed by atoms with Gasteiger partial charge in [0.2, 0.25) is 0 Å². The molecule has 0 unspecified atom stereocenters. The van der Waals surface area contributed by atoms with Gasteiger partial charge in [-0.05, 0) is 78.1 Å². The number of esters is 1. The van der Waals surface area contributed by atoms with E-state index in [4.69, 9.17) is 23.1 Å². The molecule has 228 valence electrons. The van der Waals surface area contributed by atoms with Crippen molar-refractivity contribution in [1.29, 1.82) is 0 Å². The van der Waals surface area contributed by atoms with Crippen molar-refractivity contribution in [3.63, 3.8) is 0 Å². The predicted molar refractivity (Wildman–Crippen MR) is 168 cm³/mol. The molecule has 0 radical (unpaired) electrons. The van der Waals surface area contributed by atoms with Crippen LogP contribution in [0.4, 0.5) is 0 Å².